The number of rotatable bonds is 0. The lowest BCUT2D eigenvalue weighted by molar-refractivity contribution is 1.30. The van der Waals surface area contributed by atoms with E-state index in [0.717, 1.165) is 44.8 Å². The third kappa shape index (κ3) is 2.75. The molecule has 0 aliphatic carbocycles. The van der Waals surface area contributed by atoms with E-state index in [1.165, 1.54) is 0 Å². The maximum Gasteiger partial charge on any atom is 0.0658 e. The second kappa shape index (κ2) is 6.07. The molecule has 0 unspecified atom stereocenters. The lowest BCUT2D eigenvalue weighted by atomic mass is 10.3. The summed E-state index contributed by atoms with van der Waals surface area (Å²) in [6.07, 6.45) is 7.87. The van der Waals surface area contributed by atoms with E-state index in [2.05, 4.69) is 42.3 Å². The average molecular weight is 469 g/mol. The van der Waals surface area contributed by atoms with Crippen LogP contribution in [-0.4, -0.2) is 17.2 Å². The molecule has 6 heteroatoms. The second-order valence-electron chi connectivity index (χ2n) is 6.01. The van der Waals surface area contributed by atoms with Gasteiger partial charge in [-0.15, -0.1) is 0 Å². The Balaban J connectivity index is 1.93. The molecule has 0 atom stereocenters. The number of hydrogen-bond acceptors (Lipinski definition) is 2. The first kappa shape index (κ1) is 14.7. The smallest absolute Gasteiger partial charge is 0.0658 e. The molecule has 0 fully saturated rings. The van der Waals surface area contributed by atoms with E-state index in [4.69, 9.17) is 1.37 Å². The summed E-state index contributed by atoms with van der Waals surface area (Å²) >= 11 is 7.17. The fourth-order valence-corrected chi connectivity index (χ4v) is 3.81. The zero-order chi connectivity index (χ0) is 18.5. The highest BCUT2D eigenvalue weighted by atomic mass is 79.9. The number of halogens is 2. The van der Waals surface area contributed by atoms with Crippen molar-refractivity contribution in [3.05, 3.63) is 71.3 Å². The van der Waals surface area contributed by atoms with Gasteiger partial charge in [0.2, 0.25) is 0 Å². The summed E-state index contributed by atoms with van der Waals surface area (Å²) in [6.45, 7) is 0. The number of hydrogen-bond donors (Lipinski definition) is 0. The molecule has 4 nitrogen and oxygen atoms in total. The van der Waals surface area contributed by atoms with Gasteiger partial charge >= 0.3 is 0 Å². The Morgan fingerprint density at radius 2 is 1.00 bits per heavy atom. The van der Waals surface area contributed by atoms with E-state index in [1.54, 1.807) is 0 Å². The first-order chi connectivity index (χ1) is 13.1. The zero-order valence-corrected chi connectivity index (χ0v) is 16.6. The first-order valence-electron chi connectivity index (χ1n) is 8.50. The predicted octanol–water partition coefficient (Wildman–Crippen LogP) is 5.92. The molecule has 2 aliphatic rings. The maximum absolute atomic E-state index is 8.29. The Kier molecular flexibility index (Phi) is 3.43. The Hall–Kier alpha value is -2.44. The molecule has 126 valence electrons. The first-order valence-corrected chi connectivity index (χ1v) is 9.41. The normalized spacial score (nSPS) is 13.2. The topological polar surface area (TPSA) is 35.6 Å². The fraction of sp³-hybridized carbons (Fsp3) is 0. The lowest BCUT2D eigenvalue weighted by Crippen LogP contribution is -1.81. The van der Waals surface area contributed by atoms with E-state index in [9.17, 15) is 0 Å². The van der Waals surface area contributed by atoms with Gasteiger partial charge in [0.15, 0.2) is 0 Å². The minimum atomic E-state index is 0.424. The van der Waals surface area contributed by atoms with Crippen molar-refractivity contribution in [1.82, 2.24) is 17.2 Å². The van der Waals surface area contributed by atoms with Crippen LogP contribution in [0.3, 0.4) is 0 Å². The van der Waals surface area contributed by atoms with Crippen molar-refractivity contribution in [3.8, 4) is 0 Å². The standard InChI is InChI=1S/C20H12Br2N4/c21-25-17-5-6-19(25)11-15-3-4-16(24-15)12-20-8-7-18(26(20)22)10-14-2-1-13(9-17)23-14/h1-12H/i5D. The van der Waals surface area contributed by atoms with Gasteiger partial charge in [-0.3, -0.25) is 7.19 Å². The van der Waals surface area contributed by atoms with Crippen molar-refractivity contribution in [2.45, 2.75) is 0 Å². The van der Waals surface area contributed by atoms with Crippen LogP contribution in [0, 0.1) is 0 Å². The summed E-state index contributed by atoms with van der Waals surface area (Å²) in [7, 11) is 0. The predicted molar refractivity (Wildman–Crippen MR) is 115 cm³/mol. The fourth-order valence-electron chi connectivity index (χ4n) is 2.96. The number of fused-ring (bicyclic) bond motifs is 8. The minimum Gasteiger partial charge on any atom is -0.277 e. The summed E-state index contributed by atoms with van der Waals surface area (Å²) < 4.78 is 12.0. The molecule has 0 spiro atoms. The van der Waals surface area contributed by atoms with Gasteiger partial charge in [0.1, 0.15) is 0 Å². The molecule has 0 aromatic carbocycles. The molecule has 26 heavy (non-hydrogen) atoms. The van der Waals surface area contributed by atoms with Gasteiger partial charge in [0.05, 0.1) is 78.5 Å². The highest BCUT2D eigenvalue weighted by Gasteiger charge is 2.04. The highest BCUT2D eigenvalue weighted by molar-refractivity contribution is 9.08. The summed E-state index contributed by atoms with van der Waals surface area (Å²) in [4.78, 5) is 9.30. The van der Waals surface area contributed by atoms with Crippen molar-refractivity contribution in [3.63, 3.8) is 0 Å². The van der Waals surface area contributed by atoms with Crippen LogP contribution >= 0.6 is 32.3 Å². The van der Waals surface area contributed by atoms with Crippen molar-refractivity contribution in [2.24, 2.45) is 0 Å². The van der Waals surface area contributed by atoms with Crippen LogP contribution in [0.25, 0.3) is 46.4 Å². The molecule has 2 aliphatic heterocycles. The average Bonchev–Trinajstić information content (AvgIpc) is 3.39. The summed E-state index contributed by atoms with van der Waals surface area (Å²) in [5, 5.41) is 0. The molecule has 0 saturated heterocycles. The summed E-state index contributed by atoms with van der Waals surface area (Å²) in [5.74, 6) is 0. The van der Waals surface area contributed by atoms with E-state index < -0.39 is 0 Å². The van der Waals surface area contributed by atoms with E-state index in [1.807, 2.05) is 74.0 Å². The molecular formula is C20H12Br2N4. The van der Waals surface area contributed by atoms with Crippen molar-refractivity contribution in [1.29, 1.82) is 0 Å². The Morgan fingerprint density at radius 1 is 0.615 bits per heavy atom. The van der Waals surface area contributed by atoms with Crippen LogP contribution in [0.4, 0.5) is 0 Å². The quantitative estimate of drug-likeness (QED) is 0.283. The largest absolute Gasteiger partial charge is 0.277 e. The van der Waals surface area contributed by atoms with E-state index >= 15 is 0 Å². The van der Waals surface area contributed by atoms with Crippen LogP contribution in [0.2, 0.25) is 0 Å². The van der Waals surface area contributed by atoms with Gasteiger partial charge in [-0.25, -0.2) is 9.97 Å². The van der Waals surface area contributed by atoms with Crippen LogP contribution < -0.4 is 0 Å². The van der Waals surface area contributed by atoms with Gasteiger partial charge in [-0.2, -0.15) is 0 Å². The molecule has 8 bridgehead atoms. The van der Waals surface area contributed by atoms with Gasteiger partial charge in [-0.1, -0.05) is 0 Å². The minimum absolute atomic E-state index is 0.424. The highest BCUT2D eigenvalue weighted by Crippen LogP contribution is 2.22. The second-order valence-corrected chi connectivity index (χ2v) is 7.43. The zero-order valence-electron chi connectivity index (χ0n) is 14.4. The SMILES string of the molecule is [2H]c1cc2cc3nc(cc4ccc(cc5nc(cc1n2Br)C=C5)n4Br)C=C3. The van der Waals surface area contributed by atoms with Crippen LogP contribution in [0.1, 0.15) is 24.1 Å². The lowest BCUT2D eigenvalue weighted by Gasteiger charge is -1.94. The van der Waals surface area contributed by atoms with Crippen LogP contribution in [0.15, 0.2) is 48.5 Å². The maximum atomic E-state index is 8.29. The molecule has 3 aromatic rings. The number of aromatic nitrogens is 4. The molecule has 5 heterocycles. The van der Waals surface area contributed by atoms with Crippen LogP contribution in [-0.2, 0) is 0 Å². The number of nitrogens with zero attached hydrogens (tertiary/aromatic N) is 4. The molecule has 0 radical (unpaired) electrons. The summed E-state index contributed by atoms with van der Waals surface area (Å²) in [6, 6.07) is 14.2. The monoisotopic (exact) mass is 467 g/mol. The van der Waals surface area contributed by atoms with Gasteiger partial charge in [0, 0.05) is 0 Å². The van der Waals surface area contributed by atoms with E-state index in [-0.39, 0.29) is 0 Å². The Morgan fingerprint density at radius 3 is 1.50 bits per heavy atom. The molecule has 5 rings (SSSR count). The summed E-state index contributed by atoms with van der Waals surface area (Å²) in [5.41, 5.74) is 6.96. The van der Waals surface area contributed by atoms with Gasteiger partial charge in [-0.05, 0) is 72.8 Å². The molecule has 3 aromatic heterocycles. The van der Waals surface area contributed by atoms with Gasteiger partial charge in [0.25, 0.3) is 0 Å². The molecule has 0 N–H and O–H groups in total. The van der Waals surface area contributed by atoms with E-state index in [0.29, 0.717) is 6.04 Å². The van der Waals surface area contributed by atoms with Crippen molar-refractivity contribution < 1.29 is 1.37 Å². The molecular weight excluding hydrogens is 456 g/mol. The Bertz CT molecular complexity index is 1310. The molecule has 0 saturated carbocycles. The van der Waals surface area contributed by atoms with Crippen LogP contribution in [0.5, 0.6) is 0 Å². The van der Waals surface area contributed by atoms with Crippen molar-refractivity contribution >= 4 is 78.7 Å². The molecule has 0 amide bonds. The van der Waals surface area contributed by atoms with Crippen molar-refractivity contribution in [2.75, 3.05) is 0 Å². The Labute approximate surface area is 168 Å². The third-order valence-electron chi connectivity index (χ3n) is 4.22. The third-order valence-corrected chi connectivity index (χ3v) is 5.83. The van der Waals surface area contributed by atoms with Gasteiger partial charge < -0.3 is 0 Å².